The van der Waals surface area contributed by atoms with E-state index in [0.29, 0.717) is 29.7 Å². The fourth-order valence-electron chi connectivity index (χ4n) is 4.42. The predicted octanol–water partition coefficient (Wildman–Crippen LogP) is 10.8. The molecule has 3 rings (SSSR count). The molecule has 1 unspecified atom stereocenters. The van der Waals surface area contributed by atoms with Gasteiger partial charge in [0, 0.05) is 22.3 Å². The molecular formula is C31H42Cl2NO5PS+2. The molecule has 0 fully saturated rings. The van der Waals surface area contributed by atoms with E-state index in [9.17, 15) is 4.57 Å². The summed E-state index contributed by atoms with van der Waals surface area (Å²) < 4.78 is 30.6. The van der Waals surface area contributed by atoms with Crippen molar-refractivity contribution < 1.29 is 28.0 Å². The lowest BCUT2D eigenvalue weighted by molar-refractivity contribution is -0.683. The molecule has 0 spiro atoms. The van der Waals surface area contributed by atoms with Crippen molar-refractivity contribution in [2.24, 2.45) is 0 Å². The van der Waals surface area contributed by atoms with E-state index in [1.807, 2.05) is 23.7 Å². The molecular weight excluding hydrogens is 600 g/mol. The van der Waals surface area contributed by atoms with Gasteiger partial charge in [-0.25, -0.2) is 4.52 Å². The molecule has 1 atom stereocenters. The molecule has 0 bridgehead atoms. The van der Waals surface area contributed by atoms with E-state index in [-0.39, 0.29) is 10.8 Å². The van der Waals surface area contributed by atoms with E-state index in [2.05, 4.69) is 24.6 Å². The average Bonchev–Trinajstić information content (AvgIpc) is 3.36. The van der Waals surface area contributed by atoms with E-state index >= 15 is 0 Å². The molecule has 3 aromatic rings. The normalized spacial score (nSPS) is 11.5. The van der Waals surface area contributed by atoms with Gasteiger partial charge in [0.1, 0.15) is 10.4 Å². The van der Waals surface area contributed by atoms with E-state index < -0.39 is 8.25 Å². The van der Waals surface area contributed by atoms with Crippen molar-refractivity contribution >= 4 is 42.8 Å². The molecule has 0 saturated carbocycles. The summed E-state index contributed by atoms with van der Waals surface area (Å²) >= 11 is 14.4. The first-order valence-electron chi connectivity index (χ1n) is 14.6. The first-order valence-corrected chi connectivity index (χ1v) is 17.3. The summed E-state index contributed by atoms with van der Waals surface area (Å²) in [7, 11) is -2.61. The average molecular weight is 643 g/mol. The minimum Gasteiger partial charge on any atom is -0.492 e. The largest absolute Gasteiger partial charge is 0.791 e. The number of nitrogens with zero attached hydrogens (tertiary/aromatic N) is 1. The number of halogens is 2. The topological polar surface area (TPSA) is 57.9 Å². The summed E-state index contributed by atoms with van der Waals surface area (Å²) in [6, 6.07) is 10.4. The molecule has 41 heavy (non-hydrogen) atoms. The third-order valence-corrected chi connectivity index (χ3v) is 8.60. The van der Waals surface area contributed by atoms with Gasteiger partial charge in [0.2, 0.25) is 5.51 Å². The smallest absolute Gasteiger partial charge is 0.492 e. The summed E-state index contributed by atoms with van der Waals surface area (Å²) in [5.74, 6) is 1.01. The van der Waals surface area contributed by atoms with Gasteiger partial charge in [-0.05, 0) is 25.5 Å². The fraction of sp³-hybridized carbons (Fsp3) is 0.516. The molecule has 0 amide bonds. The van der Waals surface area contributed by atoms with Crippen molar-refractivity contribution in [3.05, 3.63) is 68.6 Å². The molecule has 1 aromatic heterocycles. The summed E-state index contributed by atoms with van der Waals surface area (Å²) in [4.78, 5) is 6.40. The quantitative estimate of drug-likeness (QED) is 0.0380. The summed E-state index contributed by atoms with van der Waals surface area (Å²) in [5.41, 5.74) is 3.05. The van der Waals surface area contributed by atoms with Crippen molar-refractivity contribution in [3.8, 4) is 17.2 Å². The third-order valence-electron chi connectivity index (χ3n) is 6.59. The minimum absolute atomic E-state index is 0.124. The Bertz CT molecular complexity index is 1210. The van der Waals surface area contributed by atoms with Crippen LogP contribution in [0.3, 0.4) is 0 Å². The molecule has 0 aliphatic carbocycles. The Kier molecular flexibility index (Phi) is 15.8. The maximum absolute atomic E-state index is 12.3. The van der Waals surface area contributed by atoms with Crippen LogP contribution in [0.5, 0.6) is 17.2 Å². The molecule has 0 aliphatic rings. The lowest BCUT2D eigenvalue weighted by atomic mass is 10.1. The van der Waals surface area contributed by atoms with Gasteiger partial charge in [-0.3, -0.25) is 4.89 Å². The Morgan fingerprint density at radius 2 is 1.49 bits per heavy atom. The first kappa shape index (κ1) is 33.6. The summed E-state index contributed by atoms with van der Waals surface area (Å²) in [6.07, 6.45) is 17.5. The zero-order valence-corrected chi connectivity index (χ0v) is 27.3. The number of ether oxygens (including phenoxy) is 1. The summed E-state index contributed by atoms with van der Waals surface area (Å²) in [6.45, 7) is 5.56. The number of rotatable bonds is 21. The van der Waals surface area contributed by atoms with Crippen LogP contribution in [0.1, 0.15) is 94.4 Å². The second-order valence-electron chi connectivity index (χ2n) is 10.2. The van der Waals surface area contributed by atoms with Crippen molar-refractivity contribution in [2.45, 2.75) is 97.4 Å². The maximum atomic E-state index is 12.3. The van der Waals surface area contributed by atoms with Crippen LogP contribution in [0.15, 0.2) is 48.1 Å². The van der Waals surface area contributed by atoms with Crippen LogP contribution in [0.2, 0.25) is 10.0 Å². The number of aryl methyl sites for hydroxylation is 1. The zero-order valence-electron chi connectivity index (χ0n) is 24.1. The number of hydrogen-bond donors (Lipinski definition) is 0. The van der Waals surface area contributed by atoms with E-state index in [1.54, 1.807) is 23.5 Å². The van der Waals surface area contributed by atoms with Crippen molar-refractivity contribution in [3.63, 3.8) is 0 Å². The molecule has 6 nitrogen and oxygen atoms in total. The van der Waals surface area contributed by atoms with Crippen LogP contribution in [0.4, 0.5) is 0 Å². The van der Waals surface area contributed by atoms with Crippen LogP contribution in [0.25, 0.3) is 0 Å². The molecule has 0 N–H and O–H groups in total. The highest BCUT2D eigenvalue weighted by molar-refractivity contribution is 7.33. The molecule has 0 aliphatic heterocycles. The van der Waals surface area contributed by atoms with Crippen LogP contribution in [0, 0.1) is 6.92 Å². The van der Waals surface area contributed by atoms with Gasteiger partial charge in [-0.2, -0.15) is 4.57 Å². The van der Waals surface area contributed by atoms with Gasteiger partial charge in [-0.1, -0.05) is 124 Å². The van der Waals surface area contributed by atoms with Crippen molar-refractivity contribution in [1.82, 2.24) is 0 Å². The fourth-order valence-corrected chi connectivity index (χ4v) is 5.91. The van der Waals surface area contributed by atoms with Crippen LogP contribution < -0.4 is 18.7 Å². The highest BCUT2D eigenvalue weighted by Crippen LogP contribution is 2.38. The molecule has 1 heterocycles. The lowest BCUT2D eigenvalue weighted by Gasteiger charge is -2.10. The number of benzene rings is 2. The number of thiazole rings is 1. The van der Waals surface area contributed by atoms with E-state index in [4.69, 9.17) is 42.0 Å². The highest BCUT2D eigenvalue weighted by atomic mass is 35.5. The molecule has 10 heteroatoms. The Hall–Kier alpha value is -1.89. The van der Waals surface area contributed by atoms with Crippen LogP contribution in [-0.4, -0.2) is 6.61 Å². The first-order chi connectivity index (χ1) is 19.9. The number of hydrogen-bond acceptors (Lipinski definition) is 6. The molecule has 224 valence electrons. The molecule has 2 aromatic carbocycles. The van der Waals surface area contributed by atoms with Crippen LogP contribution in [-0.2, 0) is 15.8 Å². The second-order valence-corrected chi connectivity index (χ2v) is 12.9. The third kappa shape index (κ3) is 13.3. The maximum Gasteiger partial charge on any atom is 0.791 e. The highest BCUT2D eigenvalue weighted by Gasteiger charge is 2.27. The van der Waals surface area contributed by atoms with Gasteiger partial charge in [-0.15, -0.1) is 0 Å². The van der Waals surface area contributed by atoms with Gasteiger partial charge >= 0.3 is 8.25 Å². The van der Waals surface area contributed by atoms with Crippen molar-refractivity contribution in [2.75, 3.05) is 6.61 Å². The monoisotopic (exact) mass is 641 g/mol. The molecule has 0 radical (unpaired) electrons. The van der Waals surface area contributed by atoms with Gasteiger partial charge in [0.25, 0.3) is 0 Å². The Morgan fingerprint density at radius 1 is 0.854 bits per heavy atom. The standard InChI is InChI=1S/C31H42Cl2NO5PS/c1-3-4-5-6-7-8-9-10-11-12-13-14-18-36-30-20-29(33)31(21-28(30)32)37-39-40(35)38-27-17-15-16-26(19-27)23-34-22-25(2)41-24-34/h15-17,19-22,24H,3-14,18,23H2,1-2H3/q+2. The number of aromatic nitrogens is 1. The Morgan fingerprint density at radius 3 is 2.15 bits per heavy atom. The minimum atomic E-state index is -2.61. The van der Waals surface area contributed by atoms with Gasteiger partial charge < -0.3 is 4.74 Å². The Balaban J connectivity index is 1.32. The number of unbranched alkanes of at least 4 members (excludes halogenated alkanes) is 11. The van der Waals surface area contributed by atoms with E-state index in [1.165, 1.54) is 75.2 Å². The van der Waals surface area contributed by atoms with Crippen LogP contribution >= 0.6 is 42.8 Å². The zero-order chi connectivity index (χ0) is 29.3. The molecule has 0 saturated heterocycles. The lowest BCUT2D eigenvalue weighted by Crippen LogP contribution is -2.30. The SMILES string of the molecule is CCCCCCCCCCCCCCOc1cc(Cl)c(OO[P+](=O)Oc2cccc(C[n+]3csc(C)c3)c2)cc1Cl. The second kappa shape index (κ2) is 19.3. The van der Waals surface area contributed by atoms with E-state index in [0.717, 1.165) is 18.4 Å². The van der Waals surface area contributed by atoms with Gasteiger partial charge in [0.05, 0.1) is 21.5 Å². The summed E-state index contributed by atoms with van der Waals surface area (Å²) in [5, 5.41) is 0.560. The van der Waals surface area contributed by atoms with Gasteiger partial charge in [0.15, 0.2) is 24.2 Å². The Labute approximate surface area is 259 Å². The van der Waals surface area contributed by atoms with Crippen molar-refractivity contribution in [1.29, 1.82) is 0 Å². The predicted molar refractivity (Wildman–Crippen MR) is 168 cm³/mol.